The molecule has 8 heteroatoms. The van der Waals surface area contributed by atoms with Crippen LogP contribution in [0, 0.1) is 0 Å². The van der Waals surface area contributed by atoms with E-state index in [0.717, 1.165) is 25.7 Å². The van der Waals surface area contributed by atoms with Gasteiger partial charge in [0.2, 0.25) is 0 Å². The molecule has 5 nitrogen and oxygen atoms in total. The molecular weight excluding hydrogens is 376 g/mol. The van der Waals surface area contributed by atoms with Crippen LogP contribution < -0.4 is 0 Å². The van der Waals surface area contributed by atoms with Gasteiger partial charge in [-0.15, -0.1) is 11.3 Å². The zero-order chi connectivity index (χ0) is 17.6. The molecule has 0 radical (unpaired) electrons. The minimum Gasteiger partial charge on any atom is -0.334 e. The summed E-state index contributed by atoms with van der Waals surface area (Å²) in [5.74, 6) is 0.802. The lowest BCUT2D eigenvalue weighted by molar-refractivity contribution is 0.0754. The fourth-order valence-electron chi connectivity index (χ4n) is 2.29. The summed E-state index contributed by atoms with van der Waals surface area (Å²) in [5, 5.41) is 7.42. The van der Waals surface area contributed by atoms with Gasteiger partial charge in [0.1, 0.15) is 6.33 Å². The highest BCUT2D eigenvalue weighted by atomic mass is 35.5. The van der Waals surface area contributed by atoms with Gasteiger partial charge in [-0.05, 0) is 36.8 Å². The quantitative estimate of drug-likeness (QED) is 0.602. The number of nitrogens with zero attached hydrogens (tertiary/aromatic N) is 3. The third-order valence-electron chi connectivity index (χ3n) is 3.61. The van der Waals surface area contributed by atoms with Gasteiger partial charge in [0.05, 0.1) is 10.9 Å². The van der Waals surface area contributed by atoms with E-state index in [4.69, 9.17) is 11.6 Å². The number of aromatic nitrogens is 3. The van der Waals surface area contributed by atoms with Crippen LogP contribution in [0.4, 0.5) is 0 Å². The minimum atomic E-state index is 0.0291. The van der Waals surface area contributed by atoms with E-state index in [1.54, 1.807) is 11.8 Å². The van der Waals surface area contributed by atoms with Crippen LogP contribution in [0.1, 0.15) is 27.7 Å². The SMILES string of the molecule is CCN(Cc1ccc(Cl)s1)C(=O)c1ccc(CSc2ncn[nH]2)cc1. The largest absolute Gasteiger partial charge is 0.334 e. The molecule has 0 aliphatic carbocycles. The molecule has 0 aliphatic rings. The van der Waals surface area contributed by atoms with Gasteiger partial charge in [0.15, 0.2) is 5.16 Å². The van der Waals surface area contributed by atoms with Crippen molar-refractivity contribution in [3.63, 3.8) is 0 Å². The molecule has 3 aromatic rings. The average molecular weight is 393 g/mol. The number of H-pyrrole nitrogens is 1. The molecule has 0 unspecified atom stereocenters. The first kappa shape index (κ1) is 18.0. The van der Waals surface area contributed by atoms with Crippen LogP contribution in [0.5, 0.6) is 0 Å². The molecular formula is C17H17ClN4OS2. The zero-order valence-electron chi connectivity index (χ0n) is 13.6. The standard InChI is InChI=1S/C17H17ClN4OS2/c1-2-22(9-14-7-8-15(18)25-14)16(23)13-5-3-12(4-6-13)10-24-17-19-11-20-21-17/h3-8,11H,2,9-10H2,1H3,(H,19,20,21). The summed E-state index contributed by atoms with van der Waals surface area (Å²) in [6.45, 7) is 3.21. The van der Waals surface area contributed by atoms with Crippen LogP contribution >= 0.6 is 34.7 Å². The lowest BCUT2D eigenvalue weighted by Gasteiger charge is -2.20. The van der Waals surface area contributed by atoms with Crippen molar-refractivity contribution in [3.05, 3.63) is 63.1 Å². The van der Waals surface area contributed by atoms with E-state index in [0.29, 0.717) is 18.7 Å². The Morgan fingerprint density at radius 1 is 1.28 bits per heavy atom. The molecule has 0 atom stereocenters. The molecule has 0 saturated carbocycles. The maximum absolute atomic E-state index is 12.7. The second kappa shape index (κ2) is 8.51. The Morgan fingerprint density at radius 2 is 2.08 bits per heavy atom. The van der Waals surface area contributed by atoms with Crippen molar-refractivity contribution in [3.8, 4) is 0 Å². The molecule has 130 valence electrons. The van der Waals surface area contributed by atoms with Crippen molar-refractivity contribution in [2.75, 3.05) is 6.54 Å². The number of carbonyl (C=O) groups is 1. The number of benzene rings is 1. The number of thiophene rings is 1. The van der Waals surface area contributed by atoms with Gasteiger partial charge < -0.3 is 4.90 Å². The number of aromatic amines is 1. The number of rotatable bonds is 7. The second-order valence-corrected chi connectivity index (χ2v) is 8.07. The number of halogens is 1. The molecule has 0 spiro atoms. The highest BCUT2D eigenvalue weighted by molar-refractivity contribution is 7.98. The molecule has 2 aromatic heterocycles. The van der Waals surface area contributed by atoms with Crippen LogP contribution in [0.25, 0.3) is 0 Å². The van der Waals surface area contributed by atoms with Gasteiger partial charge in [0, 0.05) is 22.7 Å². The Hall–Kier alpha value is -1.83. The van der Waals surface area contributed by atoms with Crippen LogP contribution in [0.15, 0.2) is 47.9 Å². The van der Waals surface area contributed by atoms with E-state index in [1.807, 2.05) is 48.2 Å². The van der Waals surface area contributed by atoms with Crippen molar-refractivity contribution in [2.45, 2.75) is 24.4 Å². The first-order chi connectivity index (χ1) is 12.2. The van der Waals surface area contributed by atoms with Crippen molar-refractivity contribution in [2.24, 2.45) is 0 Å². The summed E-state index contributed by atoms with van der Waals surface area (Å²) >= 11 is 9.05. The molecule has 1 amide bonds. The highest BCUT2D eigenvalue weighted by Crippen LogP contribution is 2.23. The van der Waals surface area contributed by atoms with Crippen LogP contribution in [-0.4, -0.2) is 32.5 Å². The minimum absolute atomic E-state index is 0.0291. The van der Waals surface area contributed by atoms with E-state index >= 15 is 0 Å². The third-order valence-corrected chi connectivity index (χ3v) is 5.78. The Morgan fingerprint density at radius 3 is 2.68 bits per heavy atom. The molecule has 3 rings (SSSR count). The van der Waals surface area contributed by atoms with E-state index in [-0.39, 0.29) is 5.91 Å². The molecule has 1 aromatic carbocycles. The van der Waals surface area contributed by atoms with Gasteiger partial charge in [-0.2, -0.15) is 5.10 Å². The summed E-state index contributed by atoms with van der Waals surface area (Å²) in [6, 6.07) is 11.5. The second-order valence-electron chi connectivity index (χ2n) is 5.30. The maximum atomic E-state index is 12.7. The van der Waals surface area contributed by atoms with Gasteiger partial charge in [-0.1, -0.05) is 35.5 Å². The zero-order valence-corrected chi connectivity index (χ0v) is 16.0. The van der Waals surface area contributed by atoms with Gasteiger partial charge in [-0.3, -0.25) is 9.89 Å². The normalized spacial score (nSPS) is 10.8. The van der Waals surface area contributed by atoms with E-state index in [9.17, 15) is 4.79 Å². The number of carbonyl (C=O) groups excluding carboxylic acids is 1. The van der Waals surface area contributed by atoms with Crippen LogP contribution in [0.3, 0.4) is 0 Å². The van der Waals surface area contributed by atoms with Crippen molar-refractivity contribution in [1.29, 1.82) is 0 Å². The van der Waals surface area contributed by atoms with Gasteiger partial charge in [0.25, 0.3) is 5.91 Å². The lowest BCUT2D eigenvalue weighted by atomic mass is 10.1. The molecule has 0 aliphatic heterocycles. The molecule has 25 heavy (non-hydrogen) atoms. The van der Waals surface area contributed by atoms with Crippen molar-refractivity contribution in [1.82, 2.24) is 20.1 Å². The number of nitrogens with one attached hydrogen (secondary N) is 1. The third kappa shape index (κ3) is 4.84. The van der Waals surface area contributed by atoms with E-state index in [2.05, 4.69) is 15.2 Å². The Balaban J connectivity index is 1.62. The van der Waals surface area contributed by atoms with Crippen LogP contribution in [-0.2, 0) is 12.3 Å². The monoisotopic (exact) mass is 392 g/mol. The van der Waals surface area contributed by atoms with E-state index < -0.39 is 0 Å². The van der Waals surface area contributed by atoms with Crippen molar-refractivity contribution < 1.29 is 4.79 Å². The Kier molecular flexibility index (Phi) is 6.12. The highest BCUT2D eigenvalue weighted by Gasteiger charge is 2.15. The summed E-state index contributed by atoms with van der Waals surface area (Å²) in [4.78, 5) is 19.7. The summed E-state index contributed by atoms with van der Waals surface area (Å²) < 4.78 is 0.743. The maximum Gasteiger partial charge on any atom is 0.254 e. The molecule has 0 fully saturated rings. The Bertz CT molecular complexity index is 818. The molecule has 1 N–H and O–H groups in total. The number of amides is 1. The number of hydrogen-bond donors (Lipinski definition) is 1. The van der Waals surface area contributed by atoms with Crippen LogP contribution in [0.2, 0.25) is 4.34 Å². The Labute approximate surface area is 159 Å². The first-order valence-electron chi connectivity index (χ1n) is 7.76. The predicted octanol–water partition coefficient (Wildman–Crippen LogP) is 4.47. The van der Waals surface area contributed by atoms with Crippen molar-refractivity contribution >= 4 is 40.6 Å². The smallest absolute Gasteiger partial charge is 0.254 e. The summed E-state index contributed by atoms with van der Waals surface area (Å²) in [6.07, 6.45) is 1.49. The average Bonchev–Trinajstić information content (AvgIpc) is 3.29. The molecule has 0 bridgehead atoms. The fourth-order valence-corrected chi connectivity index (χ4v) is 4.13. The topological polar surface area (TPSA) is 61.9 Å². The molecule has 2 heterocycles. The van der Waals surface area contributed by atoms with Gasteiger partial charge in [-0.25, -0.2) is 4.98 Å². The fraction of sp³-hybridized carbons (Fsp3) is 0.235. The summed E-state index contributed by atoms with van der Waals surface area (Å²) in [5.41, 5.74) is 1.82. The molecule has 0 saturated heterocycles. The lowest BCUT2D eigenvalue weighted by Crippen LogP contribution is -2.29. The van der Waals surface area contributed by atoms with Gasteiger partial charge >= 0.3 is 0 Å². The first-order valence-corrected chi connectivity index (χ1v) is 9.94. The van der Waals surface area contributed by atoms with E-state index in [1.165, 1.54) is 17.7 Å². The predicted molar refractivity (Wildman–Crippen MR) is 102 cm³/mol. The number of thioether (sulfide) groups is 1. The number of hydrogen-bond acceptors (Lipinski definition) is 5. The summed E-state index contributed by atoms with van der Waals surface area (Å²) in [7, 11) is 0.